The van der Waals surface area contributed by atoms with Crippen LogP contribution in [0.4, 0.5) is 0 Å². The van der Waals surface area contributed by atoms with Gasteiger partial charge in [0.05, 0.1) is 6.61 Å². The summed E-state index contributed by atoms with van der Waals surface area (Å²) < 4.78 is 5.79. The van der Waals surface area contributed by atoms with Crippen molar-refractivity contribution in [3.63, 3.8) is 0 Å². The van der Waals surface area contributed by atoms with Crippen LogP contribution >= 0.6 is 0 Å². The van der Waals surface area contributed by atoms with Gasteiger partial charge in [-0.05, 0) is 24.5 Å². The van der Waals surface area contributed by atoms with Crippen molar-refractivity contribution in [2.24, 2.45) is 5.84 Å². The Bertz CT molecular complexity index is 380. The minimum Gasteiger partial charge on any atom is -0.493 e. The minimum atomic E-state index is -0.155. The smallest absolute Gasteiger partial charge is 0.234 e. The Morgan fingerprint density at radius 2 is 2.05 bits per heavy atom. The number of unbranched alkanes of at least 4 members (excludes halogenated alkanes) is 3. The number of hydrogen-bond acceptors (Lipinski definition) is 3. The van der Waals surface area contributed by atoms with E-state index in [2.05, 4.69) is 12.3 Å². The molecule has 0 aliphatic rings. The van der Waals surface area contributed by atoms with E-state index in [-0.39, 0.29) is 5.91 Å². The maximum Gasteiger partial charge on any atom is 0.234 e. The first-order valence-corrected chi connectivity index (χ1v) is 6.98. The Hall–Kier alpha value is -1.55. The number of amides is 1. The van der Waals surface area contributed by atoms with E-state index >= 15 is 0 Å². The van der Waals surface area contributed by atoms with E-state index in [0.29, 0.717) is 12.8 Å². The van der Waals surface area contributed by atoms with Gasteiger partial charge in [0.15, 0.2) is 0 Å². The van der Waals surface area contributed by atoms with E-state index < -0.39 is 0 Å². The molecule has 0 saturated carbocycles. The van der Waals surface area contributed by atoms with Crippen LogP contribution in [0.1, 0.15) is 44.6 Å². The van der Waals surface area contributed by atoms with E-state index in [1.165, 1.54) is 19.3 Å². The Labute approximate surface area is 115 Å². The zero-order chi connectivity index (χ0) is 13.9. The van der Waals surface area contributed by atoms with E-state index in [4.69, 9.17) is 10.6 Å². The van der Waals surface area contributed by atoms with Crippen molar-refractivity contribution in [1.29, 1.82) is 0 Å². The van der Waals surface area contributed by atoms with Crippen LogP contribution < -0.4 is 16.0 Å². The van der Waals surface area contributed by atoms with Gasteiger partial charge in [-0.2, -0.15) is 0 Å². The first-order chi connectivity index (χ1) is 9.27. The zero-order valence-corrected chi connectivity index (χ0v) is 11.7. The highest BCUT2D eigenvalue weighted by Crippen LogP contribution is 2.20. The standard InChI is InChI=1S/C15H24N2O2/c1-2-3-4-7-12-19-14-9-6-5-8-13(14)10-11-15(18)17-16/h5-6,8-9H,2-4,7,10-12,16H2,1H3,(H,17,18). The number of benzene rings is 1. The number of carbonyl (C=O) groups is 1. The molecule has 0 saturated heterocycles. The van der Waals surface area contributed by atoms with Crippen LogP contribution in [0, 0.1) is 0 Å². The molecule has 0 bridgehead atoms. The van der Waals surface area contributed by atoms with Gasteiger partial charge in [-0.25, -0.2) is 5.84 Å². The Kier molecular flexibility index (Phi) is 7.66. The third kappa shape index (κ3) is 6.25. The van der Waals surface area contributed by atoms with Gasteiger partial charge in [0.25, 0.3) is 0 Å². The lowest BCUT2D eigenvalue weighted by Crippen LogP contribution is -2.30. The highest BCUT2D eigenvalue weighted by Gasteiger charge is 2.05. The van der Waals surface area contributed by atoms with Gasteiger partial charge in [-0.3, -0.25) is 10.2 Å². The molecule has 0 aliphatic heterocycles. The molecule has 0 radical (unpaired) electrons. The zero-order valence-electron chi connectivity index (χ0n) is 11.7. The fourth-order valence-electron chi connectivity index (χ4n) is 1.88. The van der Waals surface area contributed by atoms with Crippen molar-refractivity contribution >= 4 is 5.91 Å². The summed E-state index contributed by atoms with van der Waals surface area (Å²) in [6.45, 7) is 2.93. The molecule has 4 nitrogen and oxygen atoms in total. The Balaban J connectivity index is 2.41. The lowest BCUT2D eigenvalue weighted by molar-refractivity contribution is -0.121. The van der Waals surface area contributed by atoms with Gasteiger partial charge in [-0.15, -0.1) is 0 Å². The molecular weight excluding hydrogens is 240 g/mol. The van der Waals surface area contributed by atoms with Gasteiger partial charge in [0.1, 0.15) is 5.75 Å². The molecule has 1 aromatic rings. The van der Waals surface area contributed by atoms with Crippen molar-refractivity contribution in [1.82, 2.24) is 5.43 Å². The number of aryl methyl sites for hydroxylation is 1. The second-order valence-electron chi connectivity index (χ2n) is 4.58. The van der Waals surface area contributed by atoms with E-state index in [9.17, 15) is 4.79 Å². The highest BCUT2D eigenvalue weighted by atomic mass is 16.5. The summed E-state index contributed by atoms with van der Waals surface area (Å²) >= 11 is 0. The molecule has 0 aromatic heterocycles. The van der Waals surface area contributed by atoms with Gasteiger partial charge in [0, 0.05) is 6.42 Å². The van der Waals surface area contributed by atoms with Crippen LogP contribution in [0.3, 0.4) is 0 Å². The SMILES string of the molecule is CCCCCCOc1ccccc1CCC(=O)NN. The minimum absolute atomic E-state index is 0.155. The average molecular weight is 264 g/mol. The molecule has 1 amide bonds. The molecule has 0 unspecified atom stereocenters. The van der Waals surface area contributed by atoms with Crippen LogP contribution in [-0.2, 0) is 11.2 Å². The summed E-state index contributed by atoms with van der Waals surface area (Å²) in [6, 6.07) is 7.86. The number of rotatable bonds is 9. The molecule has 0 atom stereocenters. The molecule has 1 aromatic carbocycles. The summed E-state index contributed by atoms with van der Waals surface area (Å²) in [7, 11) is 0. The van der Waals surface area contributed by atoms with Crippen molar-refractivity contribution in [2.45, 2.75) is 45.4 Å². The maximum atomic E-state index is 11.2. The Morgan fingerprint density at radius 1 is 1.26 bits per heavy atom. The molecule has 1 rings (SSSR count). The first kappa shape index (κ1) is 15.5. The number of para-hydroxylation sites is 1. The molecule has 4 heteroatoms. The van der Waals surface area contributed by atoms with E-state index in [1.807, 2.05) is 24.3 Å². The maximum absolute atomic E-state index is 11.2. The average Bonchev–Trinajstić information content (AvgIpc) is 2.45. The molecule has 0 aliphatic carbocycles. The van der Waals surface area contributed by atoms with Crippen molar-refractivity contribution in [3.8, 4) is 5.75 Å². The quantitative estimate of drug-likeness (QED) is 0.312. The number of ether oxygens (including phenoxy) is 1. The topological polar surface area (TPSA) is 64.3 Å². The predicted molar refractivity (Wildman–Crippen MR) is 76.7 cm³/mol. The summed E-state index contributed by atoms with van der Waals surface area (Å²) in [5.41, 5.74) is 3.20. The molecule has 19 heavy (non-hydrogen) atoms. The van der Waals surface area contributed by atoms with Crippen LogP contribution in [0.25, 0.3) is 0 Å². The molecule has 3 N–H and O–H groups in total. The fraction of sp³-hybridized carbons (Fsp3) is 0.533. The van der Waals surface area contributed by atoms with Crippen LogP contribution in [-0.4, -0.2) is 12.5 Å². The summed E-state index contributed by atoms with van der Waals surface area (Å²) in [6.07, 6.45) is 5.78. The van der Waals surface area contributed by atoms with Crippen molar-refractivity contribution in [3.05, 3.63) is 29.8 Å². The van der Waals surface area contributed by atoms with Gasteiger partial charge in [0.2, 0.25) is 5.91 Å². The molecule has 0 spiro atoms. The third-order valence-electron chi connectivity index (χ3n) is 3.01. The Morgan fingerprint density at radius 3 is 2.79 bits per heavy atom. The van der Waals surface area contributed by atoms with Crippen LogP contribution in [0.15, 0.2) is 24.3 Å². The monoisotopic (exact) mass is 264 g/mol. The van der Waals surface area contributed by atoms with Crippen LogP contribution in [0.2, 0.25) is 0 Å². The van der Waals surface area contributed by atoms with E-state index in [0.717, 1.165) is 24.3 Å². The van der Waals surface area contributed by atoms with E-state index in [1.54, 1.807) is 0 Å². The number of hydrazine groups is 1. The lowest BCUT2D eigenvalue weighted by atomic mass is 10.1. The lowest BCUT2D eigenvalue weighted by Gasteiger charge is -2.11. The molecule has 0 heterocycles. The van der Waals surface area contributed by atoms with Gasteiger partial charge in [-0.1, -0.05) is 44.4 Å². The second-order valence-corrected chi connectivity index (χ2v) is 4.58. The number of hydrogen-bond donors (Lipinski definition) is 2. The summed E-state index contributed by atoms with van der Waals surface area (Å²) in [4.78, 5) is 11.2. The van der Waals surface area contributed by atoms with Crippen molar-refractivity contribution in [2.75, 3.05) is 6.61 Å². The normalized spacial score (nSPS) is 10.2. The highest BCUT2D eigenvalue weighted by molar-refractivity contribution is 5.75. The summed E-state index contributed by atoms with van der Waals surface area (Å²) in [5.74, 6) is 5.79. The molecule has 106 valence electrons. The van der Waals surface area contributed by atoms with Crippen LogP contribution in [0.5, 0.6) is 5.75 Å². The largest absolute Gasteiger partial charge is 0.493 e. The summed E-state index contributed by atoms with van der Waals surface area (Å²) in [5, 5.41) is 0. The number of nitrogens with two attached hydrogens (primary N) is 1. The third-order valence-corrected chi connectivity index (χ3v) is 3.01. The van der Waals surface area contributed by atoms with Gasteiger partial charge < -0.3 is 4.74 Å². The second kappa shape index (κ2) is 9.39. The number of nitrogens with one attached hydrogen (secondary N) is 1. The molecule has 0 fully saturated rings. The van der Waals surface area contributed by atoms with Crippen molar-refractivity contribution < 1.29 is 9.53 Å². The fourth-order valence-corrected chi connectivity index (χ4v) is 1.88. The molecular formula is C15H24N2O2. The number of carbonyl (C=O) groups excluding carboxylic acids is 1. The first-order valence-electron chi connectivity index (χ1n) is 6.98. The predicted octanol–water partition coefficient (Wildman–Crippen LogP) is 2.57. The van der Waals surface area contributed by atoms with Gasteiger partial charge >= 0.3 is 0 Å².